The van der Waals surface area contributed by atoms with Gasteiger partial charge in [0.15, 0.2) is 0 Å². The first-order valence-corrected chi connectivity index (χ1v) is 7.93. The van der Waals surface area contributed by atoms with Crippen LogP contribution in [0.2, 0.25) is 5.15 Å². The Morgan fingerprint density at radius 3 is 2.42 bits per heavy atom. The van der Waals surface area contributed by atoms with Crippen molar-refractivity contribution in [3.63, 3.8) is 0 Å². The van der Waals surface area contributed by atoms with Crippen molar-refractivity contribution >= 4 is 34.2 Å². The third-order valence-corrected chi connectivity index (χ3v) is 5.37. The minimum absolute atomic E-state index is 0.372. The fraction of sp³-hybridized carbons (Fsp3) is 0.333. The van der Waals surface area contributed by atoms with Crippen LogP contribution in [0.3, 0.4) is 0 Å². The third-order valence-electron chi connectivity index (χ3n) is 3.65. The van der Waals surface area contributed by atoms with Gasteiger partial charge in [-0.1, -0.05) is 42.8 Å². The van der Waals surface area contributed by atoms with E-state index in [-0.39, 0.29) is 0 Å². The average Bonchev–Trinajstić information content (AvgIpc) is 2.85. The SMILES string of the molecule is CCc1nc(C2Cc3ccccc3C2)nc(Cl)c1I. The van der Waals surface area contributed by atoms with Gasteiger partial charge < -0.3 is 0 Å². The molecule has 98 valence electrons. The number of halogens is 2. The molecule has 1 aromatic carbocycles. The summed E-state index contributed by atoms with van der Waals surface area (Å²) in [5, 5.41) is 0.596. The molecule has 1 aliphatic rings. The molecule has 0 fully saturated rings. The zero-order valence-electron chi connectivity index (χ0n) is 10.7. The van der Waals surface area contributed by atoms with Crippen LogP contribution in [0.15, 0.2) is 24.3 Å². The van der Waals surface area contributed by atoms with Gasteiger partial charge in [0.25, 0.3) is 0 Å². The Balaban J connectivity index is 1.95. The maximum Gasteiger partial charge on any atom is 0.146 e. The van der Waals surface area contributed by atoms with Crippen molar-refractivity contribution in [3.05, 3.63) is 55.6 Å². The van der Waals surface area contributed by atoms with Crippen molar-refractivity contribution in [1.29, 1.82) is 0 Å². The van der Waals surface area contributed by atoms with Crippen molar-refractivity contribution in [1.82, 2.24) is 9.97 Å². The van der Waals surface area contributed by atoms with Gasteiger partial charge in [0, 0.05) is 5.92 Å². The molecule has 0 saturated heterocycles. The van der Waals surface area contributed by atoms with Crippen LogP contribution in [0.5, 0.6) is 0 Å². The van der Waals surface area contributed by atoms with E-state index in [1.807, 2.05) is 0 Å². The van der Waals surface area contributed by atoms with Crippen molar-refractivity contribution in [3.8, 4) is 0 Å². The molecule has 0 atom stereocenters. The van der Waals surface area contributed by atoms with E-state index in [4.69, 9.17) is 16.6 Å². The van der Waals surface area contributed by atoms with Crippen molar-refractivity contribution < 1.29 is 0 Å². The van der Waals surface area contributed by atoms with Crippen LogP contribution in [-0.4, -0.2) is 9.97 Å². The minimum atomic E-state index is 0.372. The zero-order valence-corrected chi connectivity index (χ0v) is 13.6. The Morgan fingerprint density at radius 2 is 1.84 bits per heavy atom. The van der Waals surface area contributed by atoms with E-state index in [2.05, 4.69) is 58.8 Å². The molecule has 0 bridgehead atoms. The number of aryl methyl sites for hydroxylation is 1. The highest BCUT2D eigenvalue weighted by Gasteiger charge is 2.25. The number of aromatic nitrogens is 2. The predicted octanol–water partition coefficient (Wildman–Crippen LogP) is 4.18. The number of hydrogen-bond acceptors (Lipinski definition) is 2. The summed E-state index contributed by atoms with van der Waals surface area (Å²) in [4.78, 5) is 9.21. The fourth-order valence-corrected chi connectivity index (χ4v) is 3.46. The lowest BCUT2D eigenvalue weighted by molar-refractivity contribution is 0.673. The Morgan fingerprint density at radius 1 is 1.21 bits per heavy atom. The van der Waals surface area contributed by atoms with Gasteiger partial charge in [0.1, 0.15) is 11.0 Å². The summed E-state index contributed by atoms with van der Waals surface area (Å²) in [5.41, 5.74) is 3.90. The molecule has 2 aromatic rings. The van der Waals surface area contributed by atoms with Gasteiger partial charge in [-0.15, -0.1) is 0 Å². The Bertz CT molecular complexity index is 603. The first-order valence-electron chi connectivity index (χ1n) is 6.47. The molecule has 1 heterocycles. The van der Waals surface area contributed by atoms with Crippen molar-refractivity contribution in [2.24, 2.45) is 0 Å². The van der Waals surface area contributed by atoms with E-state index in [1.165, 1.54) is 11.1 Å². The van der Waals surface area contributed by atoms with E-state index in [1.54, 1.807) is 0 Å². The molecule has 0 amide bonds. The summed E-state index contributed by atoms with van der Waals surface area (Å²) in [7, 11) is 0. The number of fused-ring (bicyclic) bond motifs is 1. The highest BCUT2D eigenvalue weighted by molar-refractivity contribution is 14.1. The molecule has 1 aromatic heterocycles. The minimum Gasteiger partial charge on any atom is -0.236 e. The van der Waals surface area contributed by atoms with Gasteiger partial charge in [-0.2, -0.15) is 0 Å². The Labute approximate surface area is 131 Å². The molecule has 19 heavy (non-hydrogen) atoms. The van der Waals surface area contributed by atoms with Gasteiger partial charge in [-0.3, -0.25) is 0 Å². The highest BCUT2D eigenvalue weighted by Crippen LogP contribution is 2.33. The van der Waals surface area contributed by atoms with E-state index in [9.17, 15) is 0 Å². The first kappa shape index (κ1) is 13.3. The lowest BCUT2D eigenvalue weighted by Crippen LogP contribution is -2.08. The monoisotopic (exact) mass is 384 g/mol. The zero-order chi connectivity index (χ0) is 13.4. The molecule has 0 unspecified atom stereocenters. The summed E-state index contributed by atoms with van der Waals surface area (Å²) in [6.45, 7) is 2.11. The number of hydrogen-bond donors (Lipinski definition) is 0. The maximum absolute atomic E-state index is 6.23. The molecule has 0 radical (unpaired) electrons. The van der Waals surface area contributed by atoms with Gasteiger partial charge in [0.2, 0.25) is 0 Å². The van der Waals surface area contributed by atoms with Gasteiger partial charge in [-0.25, -0.2) is 9.97 Å². The second-order valence-electron chi connectivity index (χ2n) is 4.86. The van der Waals surface area contributed by atoms with E-state index >= 15 is 0 Å². The largest absolute Gasteiger partial charge is 0.236 e. The van der Waals surface area contributed by atoms with Crippen molar-refractivity contribution in [2.75, 3.05) is 0 Å². The molecule has 3 rings (SSSR count). The van der Waals surface area contributed by atoms with E-state index in [0.29, 0.717) is 11.1 Å². The molecule has 0 saturated carbocycles. The quantitative estimate of drug-likeness (QED) is 0.573. The normalized spacial score (nSPS) is 14.7. The molecule has 0 aliphatic heterocycles. The average molecular weight is 385 g/mol. The van der Waals surface area contributed by atoms with Gasteiger partial charge >= 0.3 is 0 Å². The summed E-state index contributed by atoms with van der Waals surface area (Å²) in [6, 6.07) is 8.59. The number of benzene rings is 1. The van der Waals surface area contributed by atoms with E-state index in [0.717, 1.165) is 34.4 Å². The summed E-state index contributed by atoms with van der Waals surface area (Å²) in [6.07, 6.45) is 2.94. The molecule has 0 N–H and O–H groups in total. The third kappa shape index (κ3) is 2.50. The first-order chi connectivity index (χ1) is 9.19. The highest BCUT2D eigenvalue weighted by atomic mass is 127. The summed E-state index contributed by atoms with van der Waals surface area (Å²) in [5.74, 6) is 1.27. The maximum atomic E-state index is 6.23. The van der Waals surface area contributed by atoms with Crippen LogP contribution in [0.4, 0.5) is 0 Å². The predicted molar refractivity (Wildman–Crippen MR) is 85.7 cm³/mol. The number of nitrogens with zero attached hydrogens (tertiary/aromatic N) is 2. The topological polar surface area (TPSA) is 25.8 Å². The van der Waals surface area contributed by atoms with E-state index < -0.39 is 0 Å². The number of rotatable bonds is 2. The summed E-state index contributed by atoms with van der Waals surface area (Å²) < 4.78 is 0.987. The Kier molecular flexibility index (Phi) is 3.76. The lowest BCUT2D eigenvalue weighted by atomic mass is 10.1. The molecule has 1 aliphatic carbocycles. The van der Waals surface area contributed by atoms with Crippen LogP contribution in [-0.2, 0) is 19.3 Å². The lowest BCUT2D eigenvalue weighted by Gasteiger charge is -2.11. The molecule has 4 heteroatoms. The standard InChI is InChI=1S/C15H14ClIN2/c1-2-12-13(17)14(16)19-15(18-12)11-7-9-5-3-4-6-10(9)8-11/h3-6,11H,2,7-8H2,1H3. The Hall–Kier alpha value is -0.680. The molecular weight excluding hydrogens is 371 g/mol. The smallest absolute Gasteiger partial charge is 0.146 e. The summed E-state index contributed by atoms with van der Waals surface area (Å²) >= 11 is 8.46. The molecular formula is C15H14ClIN2. The van der Waals surface area contributed by atoms with Gasteiger partial charge in [0.05, 0.1) is 9.26 Å². The van der Waals surface area contributed by atoms with Crippen LogP contribution in [0.1, 0.15) is 35.5 Å². The van der Waals surface area contributed by atoms with Crippen LogP contribution in [0, 0.1) is 3.57 Å². The second-order valence-corrected chi connectivity index (χ2v) is 6.30. The van der Waals surface area contributed by atoms with Crippen molar-refractivity contribution in [2.45, 2.75) is 32.1 Å². The van der Waals surface area contributed by atoms with Crippen LogP contribution in [0.25, 0.3) is 0 Å². The fourth-order valence-electron chi connectivity index (χ4n) is 2.64. The van der Waals surface area contributed by atoms with Gasteiger partial charge in [-0.05, 0) is 53.0 Å². The van der Waals surface area contributed by atoms with Crippen LogP contribution < -0.4 is 0 Å². The van der Waals surface area contributed by atoms with Crippen LogP contribution >= 0.6 is 34.2 Å². The molecule has 0 spiro atoms. The molecule has 2 nitrogen and oxygen atoms in total. The second kappa shape index (κ2) is 5.37.